The molecular weight excluding hydrogens is 256 g/mol. The third-order valence-electron chi connectivity index (χ3n) is 2.54. The lowest BCUT2D eigenvalue weighted by atomic mass is 10.3. The van der Waals surface area contributed by atoms with E-state index in [4.69, 9.17) is 4.74 Å². The zero-order chi connectivity index (χ0) is 14.2. The largest absolute Gasteiger partial charge is 0.383 e. The summed E-state index contributed by atoms with van der Waals surface area (Å²) in [6, 6.07) is 11.2. The third kappa shape index (κ3) is 4.03. The lowest BCUT2D eigenvalue weighted by Gasteiger charge is -2.07. The van der Waals surface area contributed by atoms with Gasteiger partial charge in [-0.3, -0.25) is 4.79 Å². The predicted molar refractivity (Wildman–Crippen MR) is 76.0 cm³/mol. The molecule has 6 nitrogen and oxygen atoms in total. The van der Waals surface area contributed by atoms with Gasteiger partial charge >= 0.3 is 0 Å². The van der Waals surface area contributed by atoms with Crippen LogP contribution >= 0.6 is 0 Å². The van der Waals surface area contributed by atoms with Crippen LogP contribution in [-0.4, -0.2) is 36.1 Å². The van der Waals surface area contributed by atoms with Gasteiger partial charge in [0.05, 0.1) is 6.61 Å². The van der Waals surface area contributed by atoms with Gasteiger partial charge in [0.15, 0.2) is 0 Å². The van der Waals surface area contributed by atoms with Crippen LogP contribution in [0.3, 0.4) is 0 Å². The number of hydrogen-bond acceptors (Lipinski definition) is 5. The Morgan fingerprint density at radius 2 is 2.05 bits per heavy atom. The molecule has 0 spiro atoms. The van der Waals surface area contributed by atoms with Crippen LogP contribution < -0.4 is 10.6 Å². The summed E-state index contributed by atoms with van der Waals surface area (Å²) < 4.78 is 4.87. The van der Waals surface area contributed by atoms with E-state index < -0.39 is 0 Å². The Labute approximate surface area is 117 Å². The van der Waals surface area contributed by atoms with Crippen molar-refractivity contribution in [2.75, 3.05) is 25.6 Å². The molecule has 2 N–H and O–H groups in total. The highest BCUT2D eigenvalue weighted by atomic mass is 16.5. The molecule has 6 heteroatoms. The SMILES string of the molecule is COCCNC(=O)c1cc(Nc2ccccc2)ncn1. The summed E-state index contributed by atoms with van der Waals surface area (Å²) in [5.41, 5.74) is 1.21. The monoisotopic (exact) mass is 272 g/mol. The first kappa shape index (κ1) is 14.0. The number of rotatable bonds is 6. The average Bonchev–Trinajstić information content (AvgIpc) is 2.49. The number of hydrogen-bond donors (Lipinski definition) is 2. The smallest absolute Gasteiger partial charge is 0.270 e. The fraction of sp³-hybridized carbons (Fsp3) is 0.214. The van der Waals surface area contributed by atoms with Crippen molar-refractivity contribution in [3.05, 3.63) is 48.4 Å². The molecule has 20 heavy (non-hydrogen) atoms. The van der Waals surface area contributed by atoms with Gasteiger partial charge in [-0.05, 0) is 12.1 Å². The third-order valence-corrected chi connectivity index (χ3v) is 2.54. The van der Waals surface area contributed by atoms with E-state index in [1.807, 2.05) is 30.3 Å². The van der Waals surface area contributed by atoms with Crippen LogP contribution in [0.2, 0.25) is 0 Å². The van der Waals surface area contributed by atoms with Gasteiger partial charge < -0.3 is 15.4 Å². The minimum Gasteiger partial charge on any atom is -0.383 e. The van der Waals surface area contributed by atoms with Crippen LogP contribution in [0.5, 0.6) is 0 Å². The Hall–Kier alpha value is -2.47. The van der Waals surface area contributed by atoms with E-state index in [1.54, 1.807) is 13.2 Å². The molecule has 0 saturated carbocycles. The Bertz CT molecular complexity index is 560. The summed E-state index contributed by atoms with van der Waals surface area (Å²) in [5.74, 6) is 0.323. The lowest BCUT2D eigenvalue weighted by Crippen LogP contribution is -2.27. The highest BCUT2D eigenvalue weighted by molar-refractivity contribution is 5.92. The second-order valence-electron chi connectivity index (χ2n) is 4.03. The molecule has 1 aromatic heterocycles. The first-order chi connectivity index (χ1) is 9.79. The molecule has 0 unspecified atom stereocenters. The van der Waals surface area contributed by atoms with Gasteiger partial charge in [0.25, 0.3) is 5.91 Å². The number of amides is 1. The molecule has 2 rings (SSSR count). The van der Waals surface area contributed by atoms with Crippen molar-refractivity contribution in [2.24, 2.45) is 0 Å². The fourth-order valence-corrected chi connectivity index (χ4v) is 1.58. The van der Waals surface area contributed by atoms with Gasteiger partial charge in [0.1, 0.15) is 17.8 Å². The molecule has 0 aliphatic carbocycles. The van der Waals surface area contributed by atoms with Gasteiger partial charge in [-0.25, -0.2) is 9.97 Å². The second-order valence-corrected chi connectivity index (χ2v) is 4.03. The molecule has 1 amide bonds. The van der Waals surface area contributed by atoms with Crippen molar-refractivity contribution in [1.29, 1.82) is 0 Å². The summed E-state index contributed by atoms with van der Waals surface area (Å²) in [6.45, 7) is 0.909. The molecule has 104 valence electrons. The number of carbonyl (C=O) groups excluding carboxylic acids is 1. The van der Waals surface area contributed by atoms with Crippen molar-refractivity contribution < 1.29 is 9.53 Å². The molecule has 2 aromatic rings. The van der Waals surface area contributed by atoms with E-state index in [0.29, 0.717) is 24.7 Å². The predicted octanol–water partition coefficient (Wildman–Crippen LogP) is 1.60. The number of carbonyl (C=O) groups is 1. The first-order valence-electron chi connectivity index (χ1n) is 6.21. The molecule has 0 aliphatic heterocycles. The number of para-hydroxylation sites is 1. The molecule has 0 bridgehead atoms. The summed E-state index contributed by atoms with van der Waals surface area (Å²) in [5, 5.41) is 5.82. The van der Waals surface area contributed by atoms with Crippen LogP contribution in [0.15, 0.2) is 42.7 Å². The average molecular weight is 272 g/mol. The maximum Gasteiger partial charge on any atom is 0.270 e. The second kappa shape index (κ2) is 7.20. The molecule has 0 saturated heterocycles. The normalized spacial score (nSPS) is 10.1. The summed E-state index contributed by atoms with van der Waals surface area (Å²) in [7, 11) is 1.58. The van der Waals surface area contributed by atoms with E-state index in [1.165, 1.54) is 6.33 Å². The molecule has 0 fully saturated rings. The Kier molecular flexibility index (Phi) is 5.02. The Morgan fingerprint density at radius 1 is 1.25 bits per heavy atom. The van der Waals surface area contributed by atoms with E-state index in [0.717, 1.165) is 5.69 Å². The van der Waals surface area contributed by atoms with Gasteiger partial charge in [-0.1, -0.05) is 18.2 Å². The minimum absolute atomic E-state index is 0.249. The maximum absolute atomic E-state index is 11.8. The summed E-state index contributed by atoms with van der Waals surface area (Å²) >= 11 is 0. The van der Waals surface area contributed by atoms with Gasteiger partial charge in [-0.15, -0.1) is 0 Å². The number of ether oxygens (including phenoxy) is 1. The van der Waals surface area contributed by atoms with E-state index in [9.17, 15) is 4.79 Å². The Balaban J connectivity index is 2.02. The van der Waals surface area contributed by atoms with Crippen LogP contribution in [0.1, 0.15) is 10.5 Å². The van der Waals surface area contributed by atoms with Crippen LogP contribution in [0, 0.1) is 0 Å². The van der Waals surface area contributed by atoms with Gasteiger partial charge in [0.2, 0.25) is 0 Å². The minimum atomic E-state index is -0.249. The zero-order valence-corrected chi connectivity index (χ0v) is 11.2. The number of nitrogens with zero attached hydrogens (tertiary/aromatic N) is 2. The fourth-order valence-electron chi connectivity index (χ4n) is 1.58. The van der Waals surface area contributed by atoms with Crippen molar-refractivity contribution in [3.63, 3.8) is 0 Å². The highest BCUT2D eigenvalue weighted by Gasteiger charge is 2.08. The Morgan fingerprint density at radius 3 is 2.80 bits per heavy atom. The highest BCUT2D eigenvalue weighted by Crippen LogP contribution is 2.13. The lowest BCUT2D eigenvalue weighted by molar-refractivity contribution is 0.0932. The summed E-state index contributed by atoms with van der Waals surface area (Å²) in [4.78, 5) is 19.9. The van der Waals surface area contributed by atoms with Crippen molar-refractivity contribution >= 4 is 17.4 Å². The van der Waals surface area contributed by atoms with Crippen molar-refractivity contribution in [3.8, 4) is 0 Å². The molecule has 1 heterocycles. The number of aromatic nitrogens is 2. The van der Waals surface area contributed by atoms with E-state index in [2.05, 4.69) is 20.6 Å². The topological polar surface area (TPSA) is 76.1 Å². The van der Waals surface area contributed by atoms with Gasteiger partial charge in [0, 0.05) is 25.4 Å². The number of benzene rings is 1. The van der Waals surface area contributed by atoms with E-state index in [-0.39, 0.29) is 5.91 Å². The molecule has 0 aliphatic rings. The quantitative estimate of drug-likeness (QED) is 0.781. The van der Waals surface area contributed by atoms with Crippen LogP contribution in [0.4, 0.5) is 11.5 Å². The first-order valence-corrected chi connectivity index (χ1v) is 6.21. The molecule has 1 aromatic carbocycles. The number of anilines is 2. The van der Waals surface area contributed by atoms with E-state index >= 15 is 0 Å². The standard InChI is InChI=1S/C14H16N4O2/c1-20-8-7-15-14(19)12-9-13(17-10-16-12)18-11-5-3-2-4-6-11/h2-6,9-10H,7-8H2,1H3,(H,15,19)(H,16,17,18). The van der Waals surface area contributed by atoms with Crippen LogP contribution in [-0.2, 0) is 4.74 Å². The molecule has 0 radical (unpaired) electrons. The zero-order valence-electron chi connectivity index (χ0n) is 11.2. The maximum atomic E-state index is 11.8. The summed E-state index contributed by atoms with van der Waals surface area (Å²) in [6.07, 6.45) is 1.36. The van der Waals surface area contributed by atoms with Crippen molar-refractivity contribution in [2.45, 2.75) is 0 Å². The van der Waals surface area contributed by atoms with Crippen molar-refractivity contribution in [1.82, 2.24) is 15.3 Å². The number of methoxy groups -OCH3 is 1. The molecule has 0 atom stereocenters. The van der Waals surface area contributed by atoms with Gasteiger partial charge in [-0.2, -0.15) is 0 Å². The number of nitrogens with one attached hydrogen (secondary N) is 2. The molecular formula is C14H16N4O2. The van der Waals surface area contributed by atoms with Crippen LogP contribution in [0.25, 0.3) is 0 Å².